The molecule has 0 bridgehead atoms. The summed E-state index contributed by atoms with van der Waals surface area (Å²) in [6.45, 7) is 1.96. The average Bonchev–Trinajstić information content (AvgIpc) is 2.42. The lowest BCUT2D eigenvalue weighted by Crippen LogP contribution is -2.19. The molecule has 0 fully saturated rings. The number of halogens is 2. The molecule has 0 unspecified atom stereocenters. The van der Waals surface area contributed by atoms with E-state index in [1.807, 2.05) is 31.2 Å². The molecule has 0 aliphatic heterocycles. The maximum atomic E-state index is 6.07. The molecule has 0 aromatic heterocycles. The van der Waals surface area contributed by atoms with Crippen LogP contribution in [0.2, 0.25) is 10.0 Å². The van der Waals surface area contributed by atoms with Gasteiger partial charge in [0, 0.05) is 16.4 Å². The smallest absolute Gasteiger partial charge is 0.175 e. The first-order valence-corrected chi connectivity index (χ1v) is 7.33. The Hall–Kier alpha value is -1.49. The minimum absolute atomic E-state index is 0.474. The molecule has 0 aliphatic carbocycles. The summed E-state index contributed by atoms with van der Waals surface area (Å²) in [6, 6.07) is 10.9. The van der Waals surface area contributed by atoms with Crippen molar-refractivity contribution >= 4 is 51.9 Å². The van der Waals surface area contributed by atoms with Gasteiger partial charge in [0.15, 0.2) is 5.11 Å². The van der Waals surface area contributed by atoms with Crippen molar-refractivity contribution in [3.05, 3.63) is 52.0 Å². The van der Waals surface area contributed by atoms with Crippen molar-refractivity contribution in [1.29, 1.82) is 0 Å². The maximum Gasteiger partial charge on any atom is 0.175 e. The standard InChI is InChI=1S/C15H14Cl2N2OS/c1-9-7-10(16)3-5-13(9)19-15(21)18-11-4-6-14(20-2)12(17)8-11/h3-8H,1-2H3,(H2,18,19,21). The molecule has 0 saturated carbocycles. The molecule has 0 amide bonds. The summed E-state index contributed by atoms with van der Waals surface area (Å²) in [6.07, 6.45) is 0. The van der Waals surface area contributed by atoms with E-state index in [9.17, 15) is 0 Å². The summed E-state index contributed by atoms with van der Waals surface area (Å²) >= 11 is 17.3. The SMILES string of the molecule is COc1ccc(NC(=S)Nc2ccc(Cl)cc2C)cc1Cl. The first-order chi connectivity index (χ1) is 9.99. The highest BCUT2D eigenvalue weighted by atomic mass is 35.5. The molecule has 6 heteroatoms. The first kappa shape index (κ1) is 15.9. The van der Waals surface area contributed by atoms with Crippen molar-refractivity contribution < 1.29 is 4.74 Å². The lowest BCUT2D eigenvalue weighted by atomic mass is 10.2. The van der Waals surface area contributed by atoms with Crippen LogP contribution in [-0.4, -0.2) is 12.2 Å². The normalized spacial score (nSPS) is 10.1. The van der Waals surface area contributed by atoms with Gasteiger partial charge in [-0.05, 0) is 61.1 Å². The molecule has 110 valence electrons. The van der Waals surface area contributed by atoms with Crippen LogP contribution in [0.1, 0.15) is 5.56 Å². The van der Waals surface area contributed by atoms with Crippen LogP contribution >= 0.6 is 35.4 Å². The molecular formula is C15H14Cl2N2OS. The lowest BCUT2D eigenvalue weighted by Gasteiger charge is -2.13. The predicted molar refractivity (Wildman–Crippen MR) is 94.0 cm³/mol. The third-order valence-electron chi connectivity index (χ3n) is 2.85. The van der Waals surface area contributed by atoms with Crippen molar-refractivity contribution in [3.63, 3.8) is 0 Å². The largest absolute Gasteiger partial charge is 0.495 e. The van der Waals surface area contributed by atoms with Gasteiger partial charge in [0.05, 0.1) is 12.1 Å². The summed E-state index contributed by atoms with van der Waals surface area (Å²) in [7, 11) is 1.57. The number of methoxy groups -OCH3 is 1. The number of benzene rings is 2. The second kappa shape index (κ2) is 6.98. The van der Waals surface area contributed by atoms with Crippen LogP contribution < -0.4 is 15.4 Å². The van der Waals surface area contributed by atoms with Crippen molar-refractivity contribution in [2.24, 2.45) is 0 Å². The summed E-state index contributed by atoms with van der Waals surface area (Å²) < 4.78 is 5.11. The van der Waals surface area contributed by atoms with E-state index in [-0.39, 0.29) is 0 Å². The zero-order valence-electron chi connectivity index (χ0n) is 11.5. The van der Waals surface area contributed by atoms with E-state index in [1.54, 1.807) is 19.2 Å². The Bertz CT molecular complexity index is 677. The molecule has 21 heavy (non-hydrogen) atoms. The molecule has 0 spiro atoms. The number of rotatable bonds is 3. The van der Waals surface area contributed by atoms with Crippen LogP contribution in [-0.2, 0) is 0 Å². The molecule has 2 aromatic carbocycles. The van der Waals surface area contributed by atoms with E-state index < -0.39 is 0 Å². The van der Waals surface area contributed by atoms with Crippen molar-refractivity contribution in [1.82, 2.24) is 0 Å². The minimum atomic E-state index is 0.474. The van der Waals surface area contributed by atoms with Gasteiger partial charge in [-0.2, -0.15) is 0 Å². The zero-order chi connectivity index (χ0) is 15.4. The molecule has 0 radical (unpaired) electrons. The molecule has 2 N–H and O–H groups in total. The van der Waals surface area contributed by atoms with Gasteiger partial charge in [0.1, 0.15) is 5.75 Å². The number of thiocarbonyl (C=S) groups is 1. The fraction of sp³-hybridized carbons (Fsp3) is 0.133. The highest BCUT2D eigenvalue weighted by Gasteiger charge is 2.05. The van der Waals surface area contributed by atoms with E-state index in [4.69, 9.17) is 40.2 Å². The van der Waals surface area contributed by atoms with Gasteiger partial charge in [-0.1, -0.05) is 23.2 Å². The van der Waals surface area contributed by atoms with Gasteiger partial charge in [-0.25, -0.2) is 0 Å². The predicted octanol–water partition coefficient (Wildman–Crippen LogP) is 5.12. The molecule has 0 aliphatic rings. The van der Waals surface area contributed by atoms with Crippen molar-refractivity contribution in [2.45, 2.75) is 6.92 Å². The van der Waals surface area contributed by atoms with Gasteiger partial charge in [-0.3, -0.25) is 0 Å². The Kier molecular flexibility index (Phi) is 5.28. The zero-order valence-corrected chi connectivity index (χ0v) is 13.9. The second-order valence-corrected chi connectivity index (χ2v) is 5.64. The van der Waals surface area contributed by atoms with Crippen LogP contribution in [0, 0.1) is 6.92 Å². The Morgan fingerprint density at radius 2 is 1.86 bits per heavy atom. The number of anilines is 2. The molecule has 2 aromatic rings. The highest BCUT2D eigenvalue weighted by Crippen LogP contribution is 2.27. The topological polar surface area (TPSA) is 33.3 Å². The van der Waals surface area contributed by atoms with Gasteiger partial charge < -0.3 is 15.4 Å². The number of hydrogen-bond donors (Lipinski definition) is 2. The quantitative estimate of drug-likeness (QED) is 0.759. The van der Waals surface area contributed by atoms with Crippen molar-refractivity contribution in [3.8, 4) is 5.75 Å². The average molecular weight is 341 g/mol. The minimum Gasteiger partial charge on any atom is -0.495 e. The number of hydrogen-bond acceptors (Lipinski definition) is 2. The fourth-order valence-electron chi connectivity index (χ4n) is 1.80. The number of nitrogens with one attached hydrogen (secondary N) is 2. The summed E-state index contributed by atoms with van der Waals surface area (Å²) in [5, 5.41) is 7.88. The lowest BCUT2D eigenvalue weighted by molar-refractivity contribution is 0.415. The van der Waals surface area contributed by atoms with Gasteiger partial charge in [0.2, 0.25) is 0 Å². The molecule has 0 saturated heterocycles. The molecular weight excluding hydrogens is 327 g/mol. The Labute approximate surface area is 139 Å². The Morgan fingerprint density at radius 1 is 1.10 bits per heavy atom. The van der Waals surface area contributed by atoms with Crippen LogP contribution in [0.3, 0.4) is 0 Å². The van der Waals surface area contributed by atoms with E-state index in [0.29, 0.717) is 20.9 Å². The third kappa shape index (κ3) is 4.24. The van der Waals surface area contributed by atoms with Crippen LogP contribution in [0.4, 0.5) is 11.4 Å². The highest BCUT2D eigenvalue weighted by molar-refractivity contribution is 7.80. The van der Waals surface area contributed by atoms with Crippen LogP contribution in [0.15, 0.2) is 36.4 Å². The second-order valence-electron chi connectivity index (χ2n) is 4.39. The van der Waals surface area contributed by atoms with Gasteiger partial charge in [-0.15, -0.1) is 0 Å². The number of ether oxygens (including phenoxy) is 1. The Balaban J connectivity index is 2.06. The molecule has 0 atom stereocenters. The maximum absolute atomic E-state index is 6.07. The van der Waals surface area contributed by atoms with Crippen LogP contribution in [0.25, 0.3) is 0 Å². The van der Waals surface area contributed by atoms with E-state index in [1.165, 1.54) is 0 Å². The van der Waals surface area contributed by atoms with Crippen molar-refractivity contribution in [2.75, 3.05) is 17.7 Å². The monoisotopic (exact) mass is 340 g/mol. The molecule has 2 rings (SSSR count). The van der Waals surface area contributed by atoms with Gasteiger partial charge in [0.25, 0.3) is 0 Å². The summed E-state index contributed by atoms with van der Waals surface area (Å²) in [4.78, 5) is 0. The van der Waals surface area contributed by atoms with E-state index >= 15 is 0 Å². The number of aryl methyl sites for hydroxylation is 1. The summed E-state index contributed by atoms with van der Waals surface area (Å²) in [5.41, 5.74) is 2.70. The molecule has 0 heterocycles. The summed E-state index contributed by atoms with van der Waals surface area (Å²) in [5.74, 6) is 0.620. The Morgan fingerprint density at radius 3 is 2.48 bits per heavy atom. The molecule has 3 nitrogen and oxygen atoms in total. The van der Waals surface area contributed by atoms with Crippen LogP contribution in [0.5, 0.6) is 5.75 Å². The van der Waals surface area contributed by atoms with E-state index in [2.05, 4.69) is 10.6 Å². The third-order valence-corrected chi connectivity index (χ3v) is 3.58. The first-order valence-electron chi connectivity index (χ1n) is 6.17. The fourth-order valence-corrected chi connectivity index (χ4v) is 2.51. The van der Waals surface area contributed by atoms with E-state index in [0.717, 1.165) is 16.9 Å². The van der Waals surface area contributed by atoms with Gasteiger partial charge >= 0.3 is 0 Å².